The third-order valence-corrected chi connectivity index (χ3v) is 5.06. The first-order valence-electron chi connectivity index (χ1n) is 7.88. The molecule has 0 atom stereocenters. The number of nitrogens with zero attached hydrogens (tertiary/aromatic N) is 1. The Morgan fingerprint density at radius 2 is 1.86 bits per heavy atom. The molecule has 0 aliphatic heterocycles. The summed E-state index contributed by atoms with van der Waals surface area (Å²) in [6.45, 7) is 1.50. The Balaban J connectivity index is 2.06. The van der Waals surface area contributed by atoms with Crippen LogP contribution in [0.5, 0.6) is 5.75 Å². The Kier molecular flexibility index (Phi) is 4.75. The standard InChI is InChI=1S/C18H14N2O7S/c1-10-9-11(5-7-14(10)20(23)24)18(22)19-13-6-8-16(28(25,26)27)17-12(13)3-2-4-15(17)21/h2-9,21H,1H3,(H,19,22)(H,25,26,27). The predicted octanol–water partition coefficient (Wildman–Crippen LogP) is 3.26. The van der Waals surface area contributed by atoms with Crippen LogP contribution in [0.1, 0.15) is 15.9 Å². The molecule has 0 aliphatic carbocycles. The van der Waals surface area contributed by atoms with Crippen LogP contribution < -0.4 is 5.32 Å². The van der Waals surface area contributed by atoms with E-state index in [1.54, 1.807) is 0 Å². The van der Waals surface area contributed by atoms with E-state index in [1.165, 1.54) is 49.4 Å². The zero-order chi connectivity index (χ0) is 20.6. The lowest BCUT2D eigenvalue weighted by Gasteiger charge is -2.12. The number of rotatable bonds is 4. The fourth-order valence-electron chi connectivity index (χ4n) is 2.88. The second-order valence-electron chi connectivity index (χ2n) is 6.00. The smallest absolute Gasteiger partial charge is 0.295 e. The van der Waals surface area contributed by atoms with Crippen LogP contribution in [0.25, 0.3) is 10.8 Å². The molecule has 1 amide bonds. The lowest BCUT2D eigenvalue weighted by molar-refractivity contribution is -0.385. The van der Waals surface area contributed by atoms with E-state index in [-0.39, 0.29) is 33.5 Å². The van der Waals surface area contributed by atoms with Crippen molar-refractivity contribution in [2.75, 3.05) is 5.32 Å². The molecule has 0 heterocycles. The average Bonchev–Trinajstić information content (AvgIpc) is 2.61. The topological polar surface area (TPSA) is 147 Å². The van der Waals surface area contributed by atoms with Gasteiger partial charge in [-0.05, 0) is 37.3 Å². The van der Waals surface area contributed by atoms with Crippen molar-refractivity contribution in [3.8, 4) is 5.75 Å². The number of hydrogen-bond acceptors (Lipinski definition) is 6. The number of phenols is 1. The lowest BCUT2D eigenvalue weighted by Crippen LogP contribution is -2.13. The number of phenolic OH excluding ortho intramolecular Hbond substituents is 1. The van der Waals surface area contributed by atoms with Crippen molar-refractivity contribution < 1.29 is 27.8 Å². The highest BCUT2D eigenvalue weighted by Gasteiger charge is 2.20. The van der Waals surface area contributed by atoms with Gasteiger partial charge in [-0.2, -0.15) is 8.42 Å². The van der Waals surface area contributed by atoms with Crippen LogP contribution in [0.15, 0.2) is 53.4 Å². The van der Waals surface area contributed by atoms with Crippen LogP contribution in [0.2, 0.25) is 0 Å². The second-order valence-corrected chi connectivity index (χ2v) is 7.39. The highest BCUT2D eigenvalue weighted by molar-refractivity contribution is 7.86. The monoisotopic (exact) mass is 402 g/mol. The molecule has 3 N–H and O–H groups in total. The zero-order valence-electron chi connectivity index (χ0n) is 14.4. The maximum absolute atomic E-state index is 12.5. The summed E-state index contributed by atoms with van der Waals surface area (Å²) in [6.07, 6.45) is 0. The highest BCUT2D eigenvalue weighted by Crippen LogP contribution is 2.35. The van der Waals surface area contributed by atoms with E-state index in [0.29, 0.717) is 5.56 Å². The van der Waals surface area contributed by atoms with E-state index in [9.17, 15) is 33.0 Å². The Morgan fingerprint density at radius 1 is 1.14 bits per heavy atom. The first kappa shape index (κ1) is 19.3. The zero-order valence-corrected chi connectivity index (χ0v) is 15.2. The van der Waals surface area contributed by atoms with E-state index >= 15 is 0 Å². The summed E-state index contributed by atoms with van der Waals surface area (Å²) in [5.74, 6) is -0.963. The summed E-state index contributed by atoms with van der Waals surface area (Å²) in [5.41, 5.74) is 0.542. The summed E-state index contributed by atoms with van der Waals surface area (Å²) < 4.78 is 32.5. The molecule has 28 heavy (non-hydrogen) atoms. The largest absolute Gasteiger partial charge is 0.507 e. The number of hydrogen-bond donors (Lipinski definition) is 3. The van der Waals surface area contributed by atoms with Gasteiger partial charge in [0.2, 0.25) is 0 Å². The number of amides is 1. The molecular formula is C18H14N2O7S. The Morgan fingerprint density at radius 3 is 2.46 bits per heavy atom. The third kappa shape index (κ3) is 3.50. The van der Waals surface area contributed by atoms with E-state index in [2.05, 4.69) is 5.32 Å². The molecule has 9 nitrogen and oxygen atoms in total. The summed E-state index contributed by atoms with van der Waals surface area (Å²) >= 11 is 0. The van der Waals surface area contributed by atoms with Crippen LogP contribution in [-0.2, 0) is 10.1 Å². The number of nitrogens with one attached hydrogen (secondary N) is 1. The molecule has 144 valence electrons. The summed E-state index contributed by atoms with van der Waals surface area (Å²) in [6, 6.07) is 10.4. The van der Waals surface area contributed by atoms with Crippen molar-refractivity contribution in [1.82, 2.24) is 0 Å². The number of fused-ring (bicyclic) bond motifs is 1. The van der Waals surface area contributed by atoms with Crippen molar-refractivity contribution in [2.24, 2.45) is 0 Å². The van der Waals surface area contributed by atoms with Gasteiger partial charge in [0.25, 0.3) is 21.7 Å². The molecule has 3 aromatic rings. The molecule has 0 saturated heterocycles. The SMILES string of the molecule is Cc1cc(C(=O)Nc2ccc(S(=O)(=O)O)c3c(O)cccc23)ccc1[N+](=O)[O-]. The summed E-state index contributed by atoms with van der Waals surface area (Å²) in [5, 5.41) is 23.6. The van der Waals surface area contributed by atoms with Crippen LogP contribution in [0.3, 0.4) is 0 Å². The van der Waals surface area contributed by atoms with Gasteiger partial charge in [0, 0.05) is 33.7 Å². The molecule has 0 aliphatic rings. The minimum atomic E-state index is -4.60. The van der Waals surface area contributed by atoms with Gasteiger partial charge < -0.3 is 10.4 Å². The van der Waals surface area contributed by atoms with Crippen molar-refractivity contribution in [3.05, 3.63) is 69.8 Å². The van der Waals surface area contributed by atoms with Crippen LogP contribution in [-0.4, -0.2) is 28.9 Å². The number of benzene rings is 3. The van der Waals surface area contributed by atoms with Gasteiger partial charge in [-0.15, -0.1) is 0 Å². The van der Waals surface area contributed by atoms with Gasteiger partial charge >= 0.3 is 0 Å². The maximum Gasteiger partial charge on any atom is 0.295 e. The van der Waals surface area contributed by atoms with Gasteiger partial charge in [0.15, 0.2) is 0 Å². The molecule has 0 bridgehead atoms. The van der Waals surface area contributed by atoms with Gasteiger partial charge in [-0.1, -0.05) is 12.1 Å². The summed E-state index contributed by atoms with van der Waals surface area (Å²) in [4.78, 5) is 22.4. The lowest BCUT2D eigenvalue weighted by atomic mass is 10.1. The fraction of sp³-hybridized carbons (Fsp3) is 0.0556. The first-order valence-corrected chi connectivity index (χ1v) is 9.32. The number of carbonyl (C=O) groups excluding carboxylic acids is 1. The Hall–Kier alpha value is -3.50. The molecule has 0 saturated carbocycles. The second kappa shape index (κ2) is 6.91. The third-order valence-electron chi connectivity index (χ3n) is 4.16. The fourth-order valence-corrected chi connectivity index (χ4v) is 3.59. The molecule has 3 rings (SSSR count). The molecule has 0 aromatic heterocycles. The van der Waals surface area contributed by atoms with E-state index in [0.717, 1.165) is 6.07 Å². The Labute approximate surface area is 159 Å². The number of aryl methyl sites for hydroxylation is 1. The molecular weight excluding hydrogens is 388 g/mol. The molecule has 0 fully saturated rings. The van der Waals surface area contributed by atoms with Crippen molar-refractivity contribution in [1.29, 1.82) is 0 Å². The minimum absolute atomic E-state index is 0.121. The molecule has 3 aromatic carbocycles. The van der Waals surface area contributed by atoms with Crippen LogP contribution >= 0.6 is 0 Å². The minimum Gasteiger partial charge on any atom is -0.507 e. The van der Waals surface area contributed by atoms with E-state index < -0.39 is 25.8 Å². The number of nitro benzene ring substituents is 1. The van der Waals surface area contributed by atoms with Gasteiger partial charge in [-0.3, -0.25) is 19.5 Å². The molecule has 10 heteroatoms. The quantitative estimate of drug-likeness (QED) is 0.345. The van der Waals surface area contributed by atoms with Gasteiger partial charge in [-0.25, -0.2) is 0 Å². The van der Waals surface area contributed by atoms with Crippen LogP contribution in [0, 0.1) is 17.0 Å². The van der Waals surface area contributed by atoms with E-state index in [1.807, 2.05) is 0 Å². The van der Waals surface area contributed by atoms with E-state index in [4.69, 9.17) is 0 Å². The summed E-state index contributed by atoms with van der Waals surface area (Å²) in [7, 11) is -4.60. The van der Waals surface area contributed by atoms with Gasteiger partial charge in [0.1, 0.15) is 10.6 Å². The predicted molar refractivity (Wildman–Crippen MR) is 101 cm³/mol. The first-order chi connectivity index (χ1) is 13.1. The number of nitro groups is 1. The van der Waals surface area contributed by atoms with Crippen LogP contribution in [0.4, 0.5) is 11.4 Å². The normalized spacial score (nSPS) is 11.4. The average molecular weight is 402 g/mol. The number of aromatic hydroxyl groups is 1. The highest BCUT2D eigenvalue weighted by atomic mass is 32.2. The van der Waals surface area contributed by atoms with Crippen molar-refractivity contribution >= 4 is 38.2 Å². The molecule has 0 unspecified atom stereocenters. The number of carbonyl (C=O) groups is 1. The molecule has 0 radical (unpaired) electrons. The number of anilines is 1. The van der Waals surface area contributed by atoms with Crippen molar-refractivity contribution in [3.63, 3.8) is 0 Å². The maximum atomic E-state index is 12.5. The van der Waals surface area contributed by atoms with Crippen molar-refractivity contribution in [2.45, 2.75) is 11.8 Å². The molecule has 0 spiro atoms. The van der Waals surface area contributed by atoms with Gasteiger partial charge in [0.05, 0.1) is 4.92 Å². The Bertz CT molecular complexity index is 1240.